The van der Waals surface area contributed by atoms with Gasteiger partial charge in [-0.3, -0.25) is 0 Å². The Labute approximate surface area is 123 Å². The summed E-state index contributed by atoms with van der Waals surface area (Å²) < 4.78 is 37.3. The molecule has 0 bridgehead atoms. The molecule has 1 aliphatic rings. The summed E-state index contributed by atoms with van der Waals surface area (Å²) in [4.78, 5) is 6.27. The maximum Gasteiger partial charge on any atom is 0.417 e. The van der Waals surface area contributed by atoms with Crippen LogP contribution in [-0.2, 0) is 6.18 Å². The SMILES string of the molecule is CC(C)CN1CCC(CNc2ccc(C(F)(F)F)cn2)C1. The molecule has 1 saturated heterocycles. The van der Waals surface area contributed by atoms with Gasteiger partial charge in [0.25, 0.3) is 0 Å². The average Bonchev–Trinajstić information content (AvgIpc) is 2.82. The first-order valence-corrected chi connectivity index (χ1v) is 7.34. The number of halogens is 3. The Morgan fingerprint density at radius 2 is 2.14 bits per heavy atom. The summed E-state index contributed by atoms with van der Waals surface area (Å²) in [5, 5.41) is 3.13. The summed E-state index contributed by atoms with van der Waals surface area (Å²) in [5.74, 6) is 1.70. The number of anilines is 1. The van der Waals surface area contributed by atoms with E-state index >= 15 is 0 Å². The van der Waals surface area contributed by atoms with Crippen LogP contribution in [0.15, 0.2) is 18.3 Å². The number of likely N-dealkylation sites (tertiary alicyclic amines) is 1. The van der Waals surface area contributed by atoms with E-state index in [4.69, 9.17) is 0 Å². The van der Waals surface area contributed by atoms with E-state index in [9.17, 15) is 13.2 Å². The Kier molecular flexibility index (Phi) is 5.08. The van der Waals surface area contributed by atoms with Gasteiger partial charge in [-0.15, -0.1) is 0 Å². The third kappa shape index (κ3) is 4.88. The van der Waals surface area contributed by atoms with Gasteiger partial charge in [-0.05, 0) is 36.9 Å². The minimum Gasteiger partial charge on any atom is -0.370 e. The molecule has 1 aliphatic heterocycles. The van der Waals surface area contributed by atoms with Crippen molar-refractivity contribution < 1.29 is 13.2 Å². The molecule has 0 radical (unpaired) electrons. The van der Waals surface area contributed by atoms with Crippen molar-refractivity contribution in [2.24, 2.45) is 11.8 Å². The molecule has 1 aromatic heterocycles. The average molecular weight is 301 g/mol. The fourth-order valence-electron chi connectivity index (χ4n) is 2.68. The molecule has 2 rings (SSSR count). The van der Waals surface area contributed by atoms with Crippen LogP contribution in [0.1, 0.15) is 25.8 Å². The highest BCUT2D eigenvalue weighted by atomic mass is 19.4. The third-order valence-electron chi connectivity index (χ3n) is 3.66. The molecule has 6 heteroatoms. The van der Waals surface area contributed by atoms with Gasteiger partial charge in [0.05, 0.1) is 5.56 Å². The molecule has 0 amide bonds. The van der Waals surface area contributed by atoms with Crippen LogP contribution in [-0.4, -0.2) is 36.1 Å². The molecular formula is C15H22F3N3. The summed E-state index contributed by atoms with van der Waals surface area (Å²) >= 11 is 0. The van der Waals surface area contributed by atoms with Gasteiger partial charge in [0, 0.05) is 25.8 Å². The molecule has 1 fully saturated rings. The fourth-order valence-corrected chi connectivity index (χ4v) is 2.68. The van der Waals surface area contributed by atoms with Crippen LogP contribution < -0.4 is 5.32 Å². The van der Waals surface area contributed by atoms with Crippen molar-refractivity contribution in [1.82, 2.24) is 9.88 Å². The van der Waals surface area contributed by atoms with Crippen LogP contribution in [0.25, 0.3) is 0 Å². The molecule has 0 spiro atoms. The van der Waals surface area contributed by atoms with E-state index in [1.807, 2.05) is 0 Å². The highest BCUT2D eigenvalue weighted by Gasteiger charge is 2.30. The Morgan fingerprint density at radius 3 is 2.71 bits per heavy atom. The molecule has 1 aromatic rings. The third-order valence-corrected chi connectivity index (χ3v) is 3.66. The maximum atomic E-state index is 12.4. The molecule has 0 aromatic carbocycles. The van der Waals surface area contributed by atoms with E-state index in [2.05, 4.69) is 29.0 Å². The summed E-state index contributed by atoms with van der Waals surface area (Å²) in [6, 6.07) is 2.46. The Balaban J connectivity index is 1.79. The first-order chi connectivity index (χ1) is 9.84. The highest BCUT2D eigenvalue weighted by Crippen LogP contribution is 2.29. The van der Waals surface area contributed by atoms with Gasteiger partial charge < -0.3 is 10.2 Å². The molecule has 0 saturated carbocycles. The quantitative estimate of drug-likeness (QED) is 0.902. The van der Waals surface area contributed by atoms with Crippen LogP contribution >= 0.6 is 0 Å². The second kappa shape index (κ2) is 6.64. The minimum atomic E-state index is -4.33. The fraction of sp³-hybridized carbons (Fsp3) is 0.667. The van der Waals surface area contributed by atoms with Gasteiger partial charge in [0.1, 0.15) is 5.82 Å². The lowest BCUT2D eigenvalue weighted by atomic mass is 10.1. The van der Waals surface area contributed by atoms with E-state index in [1.54, 1.807) is 0 Å². The van der Waals surface area contributed by atoms with Gasteiger partial charge in [-0.25, -0.2) is 4.98 Å². The Bertz CT molecular complexity index is 442. The molecule has 1 atom stereocenters. The molecule has 118 valence electrons. The zero-order chi connectivity index (χ0) is 15.5. The highest BCUT2D eigenvalue weighted by molar-refractivity contribution is 5.36. The number of hydrogen-bond acceptors (Lipinski definition) is 3. The number of rotatable bonds is 5. The second-order valence-corrected chi connectivity index (χ2v) is 6.12. The summed E-state index contributed by atoms with van der Waals surface area (Å²) in [5.41, 5.74) is -0.711. The lowest BCUT2D eigenvalue weighted by Crippen LogP contribution is -2.26. The van der Waals surface area contributed by atoms with E-state index in [0.717, 1.165) is 44.9 Å². The predicted octanol–water partition coefficient (Wildman–Crippen LogP) is 3.49. The van der Waals surface area contributed by atoms with Crippen LogP contribution in [0.3, 0.4) is 0 Å². The van der Waals surface area contributed by atoms with Gasteiger partial charge >= 0.3 is 6.18 Å². The molecule has 2 heterocycles. The minimum absolute atomic E-state index is 0.505. The first kappa shape index (κ1) is 16.1. The van der Waals surface area contributed by atoms with Gasteiger partial charge in [-0.1, -0.05) is 13.8 Å². The Hall–Kier alpha value is -1.30. The molecule has 0 aliphatic carbocycles. The van der Waals surface area contributed by atoms with Crippen LogP contribution in [0, 0.1) is 11.8 Å². The van der Waals surface area contributed by atoms with Crippen LogP contribution in [0.4, 0.5) is 19.0 Å². The van der Waals surface area contributed by atoms with Crippen molar-refractivity contribution in [3.63, 3.8) is 0 Å². The number of hydrogen-bond donors (Lipinski definition) is 1. The summed E-state index contributed by atoms with van der Waals surface area (Å²) in [7, 11) is 0. The number of nitrogens with one attached hydrogen (secondary N) is 1. The number of alkyl halides is 3. The predicted molar refractivity (Wildman–Crippen MR) is 77.1 cm³/mol. The van der Waals surface area contributed by atoms with Crippen LogP contribution in [0.5, 0.6) is 0 Å². The zero-order valence-corrected chi connectivity index (χ0v) is 12.5. The molecule has 3 nitrogen and oxygen atoms in total. The second-order valence-electron chi connectivity index (χ2n) is 6.12. The standard InChI is InChI=1S/C15H22F3N3/c1-11(2)9-21-6-5-12(10-21)7-19-14-4-3-13(8-20-14)15(16,17)18/h3-4,8,11-12H,5-7,9-10H2,1-2H3,(H,19,20). The van der Waals surface area contributed by atoms with E-state index in [0.29, 0.717) is 17.7 Å². The van der Waals surface area contributed by atoms with Crippen molar-refractivity contribution in [1.29, 1.82) is 0 Å². The van der Waals surface area contributed by atoms with Crippen molar-refractivity contribution >= 4 is 5.82 Å². The first-order valence-electron chi connectivity index (χ1n) is 7.34. The topological polar surface area (TPSA) is 28.2 Å². The van der Waals surface area contributed by atoms with Gasteiger partial charge in [0.2, 0.25) is 0 Å². The normalized spacial score (nSPS) is 20.2. The molecule has 21 heavy (non-hydrogen) atoms. The lowest BCUT2D eigenvalue weighted by Gasteiger charge is -2.18. The molecular weight excluding hydrogens is 279 g/mol. The maximum absolute atomic E-state index is 12.4. The summed E-state index contributed by atoms with van der Waals surface area (Å²) in [6.45, 7) is 8.42. The largest absolute Gasteiger partial charge is 0.417 e. The van der Waals surface area contributed by atoms with Gasteiger partial charge in [0.15, 0.2) is 0 Å². The summed E-state index contributed by atoms with van der Waals surface area (Å²) in [6.07, 6.45) is -2.32. The molecule has 1 unspecified atom stereocenters. The zero-order valence-electron chi connectivity index (χ0n) is 12.5. The smallest absolute Gasteiger partial charge is 0.370 e. The van der Waals surface area contributed by atoms with Crippen molar-refractivity contribution in [2.75, 3.05) is 31.5 Å². The van der Waals surface area contributed by atoms with Crippen molar-refractivity contribution in [2.45, 2.75) is 26.4 Å². The van der Waals surface area contributed by atoms with E-state index < -0.39 is 11.7 Å². The van der Waals surface area contributed by atoms with E-state index in [-0.39, 0.29) is 0 Å². The lowest BCUT2D eigenvalue weighted by molar-refractivity contribution is -0.137. The number of aromatic nitrogens is 1. The van der Waals surface area contributed by atoms with Crippen molar-refractivity contribution in [3.05, 3.63) is 23.9 Å². The number of pyridine rings is 1. The van der Waals surface area contributed by atoms with E-state index in [1.165, 1.54) is 6.07 Å². The molecule has 1 N–H and O–H groups in total. The monoisotopic (exact) mass is 301 g/mol. The number of nitrogens with zero attached hydrogens (tertiary/aromatic N) is 2. The van der Waals surface area contributed by atoms with Crippen LogP contribution in [0.2, 0.25) is 0 Å². The Morgan fingerprint density at radius 1 is 1.38 bits per heavy atom. The van der Waals surface area contributed by atoms with Crippen molar-refractivity contribution in [3.8, 4) is 0 Å². The van der Waals surface area contributed by atoms with Gasteiger partial charge in [-0.2, -0.15) is 13.2 Å².